The fourth-order valence-electron chi connectivity index (χ4n) is 1.93. The van der Waals surface area contributed by atoms with Crippen LogP contribution in [0.5, 0.6) is 0 Å². The van der Waals surface area contributed by atoms with Crippen LogP contribution in [0, 0.1) is 5.92 Å². The summed E-state index contributed by atoms with van der Waals surface area (Å²) in [5, 5.41) is 12.8. The Morgan fingerprint density at radius 1 is 1.44 bits per heavy atom. The molecular formula is C12H23NO2S. The normalized spacial score (nSPS) is 19.4. The number of nitrogens with one attached hydrogen (secondary N) is 1. The van der Waals surface area contributed by atoms with Crippen LogP contribution in [0.4, 0.5) is 0 Å². The predicted molar refractivity (Wildman–Crippen MR) is 69.0 cm³/mol. The monoisotopic (exact) mass is 245 g/mol. The number of aliphatic carboxylic acids is 1. The van der Waals surface area contributed by atoms with Crippen molar-refractivity contribution in [3.05, 3.63) is 0 Å². The van der Waals surface area contributed by atoms with Gasteiger partial charge in [0.1, 0.15) is 5.54 Å². The molecule has 0 spiro atoms. The molecule has 4 heteroatoms. The Kier molecular flexibility index (Phi) is 5.62. The van der Waals surface area contributed by atoms with Crippen LogP contribution < -0.4 is 5.32 Å². The summed E-state index contributed by atoms with van der Waals surface area (Å²) in [5.41, 5.74) is -0.657. The number of rotatable bonds is 9. The van der Waals surface area contributed by atoms with E-state index in [1.165, 1.54) is 0 Å². The lowest BCUT2D eigenvalue weighted by molar-refractivity contribution is -0.144. The highest BCUT2D eigenvalue weighted by atomic mass is 32.2. The molecule has 0 heterocycles. The predicted octanol–water partition coefficient (Wildman–Crippen LogP) is 2.36. The maximum Gasteiger partial charge on any atom is 0.325 e. The van der Waals surface area contributed by atoms with Gasteiger partial charge in [-0.1, -0.05) is 13.8 Å². The summed E-state index contributed by atoms with van der Waals surface area (Å²) in [6.07, 6.45) is 4.23. The molecule has 1 fully saturated rings. The minimum Gasteiger partial charge on any atom is -0.480 e. The first kappa shape index (κ1) is 13.8. The van der Waals surface area contributed by atoms with E-state index in [2.05, 4.69) is 19.2 Å². The van der Waals surface area contributed by atoms with Gasteiger partial charge in [-0.25, -0.2) is 0 Å². The molecule has 0 aliphatic heterocycles. The molecule has 3 nitrogen and oxygen atoms in total. The number of hydrogen-bond acceptors (Lipinski definition) is 3. The van der Waals surface area contributed by atoms with E-state index < -0.39 is 11.5 Å². The van der Waals surface area contributed by atoms with Crippen LogP contribution in [0.3, 0.4) is 0 Å². The number of hydrogen-bond donors (Lipinski definition) is 2. The lowest BCUT2D eigenvalue weighted by atomic mass is 9.95. The topological polar surface area (TPSA) is 49.3 Å². The molecule has 1 aliphatic rings. The molecule has 0 bridgehead atoms. The first-order valence-corrected chi connectivity index (χ1v) is 7.39. The summed E-state index contributed by atoms with van der Waals surface area (Å²) in [6, 6.07) is 0. The van der Waals surface area contributed by atoms with Gasteiger partial charge in [0, 0.05) is 5.75 Å². The van der Waals surface area contributed by atoms with Gasteiger partial charge in [-0.15, -0.1) is 0 Å². The zero-order valence-electron chi connectivity index (χ0n) is 10.3. The fraction of sp³-hybridized carbons (Fsp3) is 0.917. The molecular weight excluding hydrogens is 222 g/mol. The van der Waals surface area contributed by atoms with E-state index in [9.17, 15) is 9.90 Å². The maximum absolute atomic E-state index is 11.5. The largest absolute Gasteiger partial charge is 0.480 e. The van der Waals surface area contributed by atoms with E-state index in [-0.39, 0.29) is 0 Å². The summed E-state index contributed by atoms with van der Waals surface area (Å²) in [4.78, 5) is 11.5. The summed E-state index contributed by atoms with van der Waals surface area (Å²) in [6.45, 7) is 5.01. The van der Waals surface area contributed by atoms with E-state index in [0.29, 0.717) is 11.7 Å². The second kappa shape index (κ2) is 6.50. The molecule has 0 aromatic carbocycles. The Bertz CT molecular complexity index is 231. The first-order chi connectivity index (χ1) is 7.67. The van der Waals surface area contributed by atoms with Gasteiger partial charge in [-0.3, -0.25) is 4.79 Å². The van der Waals surface area contributed by atoms with Crippen LogP contribution in [0.2, 0.25) is 0 Å². The minimum atomic E-state index is -0.660. The Morgan fingerprint density at radius 2 is 2.12 bits per heavy atom. The summed E-state index contributed by atoms with van der Waals surface area (Å²) >= 11 is 1.76. The average molecular weight is 245 g/mol. The molecule has 1 rings (SSSR count). The van der Waals surface area contributed by atoms with Crippen molar-refractivity contribution in [1.29, 1.82) is 0 Å². The molecule has 1 saturated carbocycles. The highest BCUT2D eigenvalue weighted by Crippen LogP contribution is 2.41. The van der Waals surface area contributed by atoms with Crippen LogP contribution in [0.25, 0.3) is 0 Å². The number of carboxylic acids is 1. The Morgan fingerprint density at radius 3 is 2.56 bits per heavy atom. The summed E-state index contributed by atoms with van der Waals surface area (Å²) in [5.74, 6) is 1.45. The minimum absolute atomic E-state index is 0.348. The number of thioether (sulfide) groups is 1. The van der Waals surface area contributed by atoms with Crippen molar-refractivity contribution in [3.63, 3.8) is 0 Å². The molecule has 2 N–H and O–H groups in total. The Hall–Kier alpha value is -0.220. The van der Waals surface area contributed by atoms with Crippen molar-refractivity contribution in [2.45, 2.75) is 45.1 Å². The Labute approximate surface area is 102 Å². The van der Waals surface area contributed by atoms with Crippen molar-refractivity contribution in [2.24, 2.45) is 5.92 Å². The van der Waals surface area contributed by atoms with Gasteiger partial charge >= 0.3 is 5.97 Å². The van der Waals surface area contributed by atoms with Crippen molar-refractivity contribution < 1.29 is 9.90 Å². The van der Waals surface area contributed by atoms with E-state index >= 15 is 0 Å². The molecule has 1 aliphatic carbocycles. The zero-order valence-corrected chi connectivity index (χ0v) is 11.1. The van der Waals surface area contributed by atoms with E-state index in [1.54, 1.807) is 11.8 Å². The fourth-order valence-corrected chi connectivity index (χ4v) is 3.14. The second-order valence-corrected chi connectivity index (χ2v) is 5.64. The van der Waals surface area contributed by atoms with Crippen LogP contribution >= 0.6 is 11.8 Å². The molecule has 0 aromatic rings. The van der Waals surface area contributed by atoms with Crippen molar-refractivity contribution >= 4 is 17.7 Å². The quantitative estimate of drug-likeness (QED) is 0.612. The van der Waals surface area contributed by atoms with Gasteiger partial charge < -0.3 is 10.4 Å². The molecule has 1 unspecified atom stereocenters. The smallest absolute Gasteiger partial charge is 0.325 e. The van der Waals surface area contributed by atoms with Gasteiger partial charge in [-0.05, 0) is 43.9 Å². The molecule has 1 atom stereocenters. The van der Waals surface area contributed by atoms with Crippen LogP contribution in [0.15, 0.2) is 0 Å². The number of carboxylic acid groups (broad SMARTS) is 1. The van der Waals surface area contributed by atoms with Gasteiger partial charge in [0.05, 0.1) is 0 Å². The van der Waals surface area contributed by atoms with E-state index in [0.717, 1.165) is 38.0 Å². The van der Waals surface area contributed by atoms with Crippen molar-refractivity contribution in [3.8, 4) is 0 Å². The molecule has 16 heavy (non-hydrogen) atoms. The molecule has 0 saturated heterocycles. The lowest BCUT2D eigenvalue weighted by Crippen LogP contribution is -2.56. The Balaban J connectivity index is 2.59. The third kappa shape index (κ3) is 3.39. The number of carbonyl (C=O) groups is 1. The SMILES string of the molecule is CCCNC(CSCCC)(C(=O)O)C1CC1. The zero-order chi connectivity index (χ0) is 12.0. The highest BCUT2D eigenvalue weighted by molar-refractivity contribution is 7.99. The van der Waals surface area contributed by atoms with Gasteiger partial charge in [0.25, 0.3) is 0 Å². The third-order valence-corrected chi connectivity index (χ3v) is 4.38. The average Bonchev–Trinajstić information content (AvgIpc) is 3.07. The molecule has 0 radical (unpaired) electrons. The van der Waals surface area contributed by atoms with Crippen LogP contribution in [-0.4, -0.2) is 34.7 Å². The third-order valence-electron chi connectivity index (χ3n) is 3.02. The van der Waals surface area contributed by atoms with Crippen molar-refractivity contribution in [2.75, 3.05) is 18.1 Å². The molecule has 0 aromatic heterocycles. The van der Waals surface area contributed by atoms with Crippen LogP contribution in [0.1, 0.15) is 39.5 Å². The van der Waals surface area contributed by atoms with Gasteiger partial charge in [0.2, 0.25) is 0 Å². The van der Waals surface area contributed by atoms with E-state index in [1.807, 2.05) is 0 Å². The van der Waals surface area contributed by atoms with Crippen LogP contribution in [-0.2, 0) is 4.79 Å². The summed E-state index contributed by atoms with van der Waals surface area (Å²) in [7, 11) is 0. The summed E-state index contributed by atoms with van der Waals surface area (Å²) < 4.78 is 0. The van der Waals surface area contributed by atoms with Gasteiger partial charge in [-0.2, -0.15) is 11.8 Å². The van der Waals surface area contributed by atoms with E-state index in [4.69, 9.17) is 0 Å². The lowest BCUT2D eigenvalue weighted by Gasteiger charge is -2.30. The molecule has 0 amide bonds. The van der Waals surface area contributed by atoms with Crippen molar-refractivity contribution in [1.82, 2.24) is 5.32 Å². The molecule has 94 valence electrons. The van der Waals surface area contributed by atoms with Gasteiger partial charge in [0.15, 0.2) is 0 Å². The maximum atomic E-state index is 11.5. The second-order valence-electron chi connectivity index (χ2n) is 4.53. The first-order valence-electron chi connectivity index (χ1n) is 6.23. The highest BCUT2D eigenvalue weighted by Gasteiger charge is 2.50. The standard InChI is InChI=1S/C12H23NO2S/c1-3-7-13-12(11(14)15,10-5-6-10)9-16-8-4-2/h10,13H,3-9H2,1-2H3,(H,14,15).